The van der Waals surface area contributed by atoms with Crippen LogP contribution in [0.3, 0.4) is 0 Å². The summed E-state index contributed by atoms with van der Waals surface area (Å²) in [5.41, 5.74) is 1.63. The highest BCUT2D eigenvalue weighted by Gasteiger charge is 2.34. The van der Waals surface area contributed by atoms with Gasteiger partial charge in [-0.05, 0) is 59.7 Å². The molecule has 0 saturated heterocycles. The molecule has 16 heavy (non-hydrogen) atoms. The van der Waals surface area contributed by atoms with Crippen molar-refractivity contribution in [3.63, 3.8) is 0 Å². The van der Waals surface area contributed by atoms with E-state index < -0.39 is 11.3 Å². The average Bonchev–Trinajstić information content (AvgIpc) is 2.08. The van der Waals surface area contributed by atoms with Crippen molar-refractivity contribution >= 4 is 45.1 Å². The zero-order chi connectivity index (χ0) is 12.5. The predicted molar refractivity (Wildman–Crippen MR) is 67.6 cm³/mol. The van der Waals surface area contributed by atoms with Gasteiger partial charge in [-0.1, -0.05) is 11.6 Å². The Kier molecular flexibility index (Phi) is 4.23. The van der Waals surface area contributed by atoms with Crippen LogP contribution in [0.4, 0.5) is 18.9 Å². The van der Waals surface area contributed by atoms with Crippen LogP contribution in [0.2, 0.25) is 0 Å². The van der Waals surface area contributed by atoms with E-state index in [4.69, 9.17) is 11.6 Å². The van der Waals surface area contributed by atoms with E-state index in [0.717, 1.165) is 3.57 Å². The van der Waals surface area contributed by atoms with Crippen LogP contribution >= 0.6 is 34.2 Å². The molecule has 1 aromatic rings. The normalized spacial score (nSPS) is 13.1. The molecule has 0 radical (unpaired) electrons. The third-order valence-corrected chi connectivity index (χ3v) is 2.82. The summed E-state index contributed by atoms with van der Waals surface area (Å²) in [6.45, 7) is 3.41. The van der Waals surface area contributed by atoms with Crippen LogP contribution in [0.15, 0.2) is 17.1 Å². The summed E-state index contributed by atoms with van der Waals surface area (Å²) in [6.07, 6.45) is -4.59. The summed E-state index contributed by atoms with van der Waals surface area (Å²) in [5.74, 6) is 0. The van der Waals surface area contributed by atoms with Crippen molar-refractivity contribution in [3.05, 3.63) is 26.8 Å². The topological polar surface area (TPSA) is 12.4 Å². The van der Waals surface area contributed by atoms with Gasteiger partial charge in [0.1, 0.15) is 0 Å². The number of hydrogen-bond donors (Lipinski definition) is 0. The first-order chi connectivity index (χ1) is 7.21. The second kappa shape index (κ2) is 4.91. The van der Waals surface area contributed by atoms with Gasteiger partial charge in [-0.3, -0.25) is 0 Å². The van der Waals surface area contributed by atoms with Gasteiger partial charge in [-0.2, -0.15) is 13.2 Å². The van der Waals surface area contributed by atoms with Gasteiger partial charge in [0.2, 0.25) is 5.17 Å². The Hall–Kier alpha value is -0.300. The Bertz CT molecular complexity index is 417. The number of halogens is 5. The molecule has 6 heteroatoms. The molecule has 0 saturated carbocycles. The van der Waals surface area contributed by atoms with E-state index in [1.54, 1.807) is 26.0 Å². The van der Waals surface area contributed by atoms with Crippen molar-refractivity contribution in [1.82, 2.24) is 0 Å². The molecule has 0 N–H and O–H groups in total. The van der Waals surface area contributed by atoms with Crippen molar-refractivity contribution in [1.29, 1.82) is 0 Å². The molecule has 1 rings (SSSR count). The minimum atomic E-state index is -4.59. The van der Waals surface area contributed by atoms with E-state index in [-0.39, 0.29) is 5.69 Å². The maximum absolute atomic E-state index is 12.2. The van der Waals surface area contributed by atoms with Gasteiger partial charge in [0, 0.05) is 3.57 Å². The van der Waals surface area contributed by atoms with Crippen LogP contribution in [0.25, 0.3) is 0 Å². The minimum absolute atomic E-state index is 0.280. The summed E-state index contributed by atoms with van der Waals surface area (Å²) < 4.78 is 37.6. The standard InChI is InChI=1S/C10H8ClF3IN/c1-5-3-7(15)4-6(2)8(5)16-9(11)10(12,13)14/h3-4H,1-2H3. The van der Waals surface area contributed by atoms with E-state index in [0.29, 0.717) is 11.1 Å². The van der Waals surface area contributed by atoms with Gasteiger partial charge >= 0.3 is 6.18 Å². The predicted octanol–water partition coefficient (Wildman–Crippen LogP) is 4.74. The fourth-order valence-corrected chi connectivity index (χ4v) is 2.26. The highest BCUT2D eigenvalue weighted by Crippen LogP contribution is 2.29. The minimum Gasteiger partial charge on any atom is -0.232 e. The Balaban J connectivity index is 3.26. The molecule has 0 fully saturated rings. The molecule has 1 nitrogen and oxygen atoms in total. The maximum Gasteiger partial charge on any atom is 0.444 e. The van der Waals surface area contributed by atoms with E-state index in [2.05, 4.69) is 27.6 Å². The summed E-state index contributed by atoms with van der Waals surface area (Å²) in [6, 6.07) is 3.51. The Morgan fingerprint density at radius 3 is 2.06 bits per heavy atom. The molecule has 0 aliphatic rings. The van der Waals surface area contributed by atoms with Crippen molar-refractivity contribution in [2.45, 2.75) is 20.0 Å². The molecule has 0 unspecified atom stereocenters. The van der Waals surface area contributed by atoms with E-state index in [1.807, 2.05) is 0 Å². The summed E-state index contributed by atoms with van der Waals surface area (Å²) >= 11 is 7.19. The molecule has 0 aliphatic heterocycles. The van der Waals surface area contributed by atoms with Gasteiger partial charge in [-0.25, -0.2) is 4.99 Å². The van der Waals surface area contributed by atoms with Crippen LogP contribution in [0.5, 0.6) is 0 Å². The zero-order valence-corrected chi connectivity index (χ0v) is 11.4. The Labute approximate surface area is 110 Å². The van der Waals surface area contributed by atoms with Crippen LogP contribution in [-0.4, -0.2) is 11.3 Å². The van der Waals surface area contributed by atoms with E-state index in [9.17, 15) is 13.2 Å². The van der Waals surface area contributed by atoms with Gasteiger partial charge < -0.3 is 0 Å². The lowest BCUT2D eigenvalue weighted by Gasteiger charge is -2.08. The molecular formula is C10H8ClF3IN. The molecule has 0 heterocycles. The third-order valence-electron chi connectivity index (χ3n) is 1.90. The van der Waals surface area contributed by atoms with Crippen LogP contribution in [0.1, 0.15) is 11.1 Å². The number of benzene rings is 1. The number of rotatable bonds is 1. The SMILES string of the molecule is Cc1cc(I)cc(C)c1N=C(Cl)C(F)(F)F. The Morgan fingerprint density at radius 1 is 1.25 bits per heavy atom. The lowest BCUT2D eigenvalue weighted by atomic mass is 10.1. The molecule has 0 bridgehead atoms. The summed E-state index contributed by atoms with van der Waals surface area (Å²) in [4.78, 5) is 3.42. The van der Waals surface area contributed by atoms with Gasteiger partial charge in [0.05, 0.1) is 5.69 Å². The second-order valence-corrected chi connectivity index (χ2v) is 4.89. The van der Waals surface area contributed by atoms with Crippen molar-refractivity contribution in [2.24, 2.45) is 4.99 Å². The molecule has 88 valence electrons. The molecular weight excluding hydrogens is 353 g/mol. The highest BCUT2D eigenvalue weighted by atomic mass is 127. The van der Waals surface area contributed by atoms with Crippen LogP contribution in [0, 0.1) is 17.4 Å². The number of nitrogens with zero attached hydrogens (tertiary/aromatic N) is 1. The maximum atomic E-state index is 12.2. The fraction of sp³-hybridized carbons (Fsp3) is 0.300. The van der Waals surface area contributed by atoms with Crippen molar-refractivity contribution in [3.8, 4) is 0 Å². The largest absolute Gasteiger partial charge is 0.444 e. The molecule has 0 atom stereocenters. The highest BCUT2D eigenvalue weighted by molar-refractivity contribution is 14.1. The van der Waals surface area contributed by atoms with Gasteiger partial charge in [0.15, 0.2) is 0 Å². The number of aliphatic imine (C=N–C) groups is 1. The van der Waals surface area contributed by atoms with Crippen molar-refractivity contribution < 1.29 is 13.2 Å². The smallest absolute Gasteiger partial charge is 0.232 e. The lowest BCUT2D eigenvalue weighted by molar-refractivity contribution is -0.0558. The number of hydrogen-bond acceptors (Lipinski definition) is 1. The zero-order valence-electron chi connectivity index (χ0n) is 8.49. The van der Waals surface area contributed by atoms with E-state index >= 15 is 0 Å². The van der Waals surface area contributed by atoms with Crippen molar-refractivity contribution in [2.75, 3.05) is 0 Å². The summed E-state index contributed by atoms with van der Waals surface area (Å²) in [5, 5.41) is -1.35. The monoisotopic (exact) mass is 361 g/mol. The first kappa shape index (κ1) is 13.8. The van der Waals surface area contributed by atoms with E-state index in [1.165, 1.54) is 0 Å². The number of alkyl halides is 3. The van der Waals surface area contributed by atoms with Crippen LogP contribution in [-0.2, 0) is 0 Å². The Morgan fingerprint density at radius 2 is 1.69 bits per heavy atom. The molecule has 0 spiro atoms. The average molecular weight is 362 g/mol. The lowest BCUT2D eigenvalue weighted by Crippen LogP contribution is -2.16. The van der Waals surface area contributed by atoms with Gasteiger partial charge in [0.25, 0.3) is 0 Å². The number of aryl methyl sites for hydroxylation is 2. The first-order valence-electron chi connectivity index (χ1n) is 4.30. The molecule has 1 aromatic carbocycles. The van der Waals surface area contributed by atoms with Gasteiger partial charge in [-0.15, -0.1) is 0 Å². The molecule has 0 aliphatic carbocycles. The van der Waals surface area contributed by atoms with Crippen LogP contribution < -0.4 is 0 Å². The third kappa shape index (κ3) is 3.35. The second-order valence-electron chi connectivity index (χ2n) is 3.29. The molecule has 0 amide bonds. The summed E-state index contributed by atoms with van der Waals surface area (Å²) in [7, 11) is 0. The fourth-order valence-electron chi connectivity index (χ4n) is 1.24. The first-order valence-corrected chi connectivity index (χ1v) is 5.75. The molecule has 0 aromatic heterocycles. The quantitative estimate of drug-likeness (QED) is 0.506.